The van der Waals surface area contributed by atoms with E-state index in [0.29, 0.717) is 0 Å². The van der Waals surface area contributed by atoms with Gasteiger partial charge in [0, 0.05) is 24.3 Å². The summed E-state index contributed by atoms with van der Waals surface area (Å²) in [7, 11) is -3.79. The van der Waals surface area contributed by atoms with Crippen molar-refractivity contribution < 1.29 is 13.2 Å². The van der Waals surface area contributed by atoms with Gasteiger partial charge in [0.25, 0.3) is 0 Å². The molecule has 1 heterocycles. The Balaban J connectivity index is 1.48. The van der Waals surface area contributed by atoms with E-state index >= 15 is 0 Å². The van der Waals surface area contributed by atoms with Gasteiger partial charge in [-0.05, 0) is 54.5 Å². The molecule has 4 aromatic carbocycles. The first-order chi connectivity index (χ1) is 17.9. The zero-order chi connectivity index (χ0) is 25.8. The van der Waals surface area contributed by atoms with E-state index in [9.17, 15) is 13.2 Å². The number of sulfonamides is 1. The van der Waals surface area contributed by atoms with E-state index < -0.39 is 16.1 Å². The molecule has 1 aliphatic rings. The van der Waals surface area contributed by atoms with Gasteiger partial charge >= 0.3 is 0 Å². The van der Waals surface area contributed by atoms with Gasteiger partial charge in [0.2, 0.25) is 15.9 Å². The molecule has 186 valence electrons. The fraction of sp³-hybridized carbons (Fsp3) is 0.129. The van der Waals surface area contributed by atoms with Crippen LogP contribution in [0, 0.1) is 6.92 Å². The summed E-state index contributed by atoms with van der Waals surface area (Å²) in [4.78, 5) is 15.7. The molecule has 5 rings (SSSR count). The molecule has 0 radical (unpaired) electrons. The van der Waals surface area contributed by atoms with Gasteiger partial charge in [0.1, 0.15) is 0 Å². The number of carbonyl (C=O) groups is 1. The molecule has 37 heavy (non-hydrogen) atoms. The summed E-state index contributed by atoms with van der Waals surface area (Å²) in [5, 5.41) is 0. The molecule has 1 unspecified atom stereocenters. The van der Waals surface area contributed by atoms with E-state index in [-0.39, 0.29) is 23.8 Å². The topological polar surface area (TPSA) is 57.7 Å². The Kier molecular flexibility index (Phi) is 7.04. The monoisotopic (exact) mass is 508 g/mol. The summed E-state index contributed by atoms with van der Waals surface area (Å²) in [5.74, 6) is -0.120. The highest BCUT2D eigenvalue weighted by Crippen LogP contribution is 2.37. The molecule has 0 saturated carbocycles. The van der Waals surface area contributed by atoms with Crippen LogP contribution >= 0.6 is 0 Å². The molecule has 1 aliphatic heterocycles. The number of para-hydroxylation sites is 2. The van der Waals surface area contributed by atoms with Crippen LogP contribution in [0.2, 0.25) is 0 Å². The molecule has 0 N–H and O–H groups in total. The molecule has 0 aliphatic carbocycles. The van der Waals surface area contributed by atoms with E-state index in [1.165, 1.54) is 4.31 Å². The first-order valence-electron chi connectivity index (χ1n) is 12.2. The van der Waals surface area contributed by atoms with E-state index in [4.69, 9.17) is 0 Å². The lowest BCUT2D eigenvalue weighted by atomic mass is 10.1. The Morgan fingerprint density at radius 2 is 1.30 bits per heavy atom. The lowest BCUT2D eigenvalue weighted by Crippen LogP contribution is -2.32. The highest BCUT2D eigenvalue weighted by Gasteiger charge is 2.37. The van der Waals surface area contributed by atoms with E-state index in [2.05, 4.69) is 0 Å². The van der Waals surface area contributed by atoms with Gasteiger partial charge in [-0.2, -0.15) is 4.31 Å². The smallest absolute Gasteiger partial charge is 0.244 e. The molecule has 0 saturated heterocycles. The molecule has 0 spiro atoms. The average molecular weight is 509 g/mol. The van der Waals surface area contributed by atoms with E-state index in [1.54, 1.807) is 29.2 Å². The van der Waals surface area contributed by atoms with Gasteiger partial charge < -0.3 is 0 Å². The largest absolute Gasteiger partial charge is 0.281 e. The van der Waals surface area contributed by atoms with Crippen molar-refractivity contribution in [2.75, 3.05) is 11.4 Å². The third kappa shape index (κ3) is 5.26. The number of hydrogen-bond donors (Lipinski definition) is 0. The number of nitrogens with zero attached hydrogens (tertiary/aromatic N) is 2. The van der Waals surface area contributed by atoms with Crippen molar-refractivity contribution in [3.63, 3.8) is 0 Å². The van der Waals surface area contributed by atoms with Gasteiger partial charge in [-0.15, -0.1) is 0 Å². The van der Waals surface area contributed by atoms with Crippen LogP contribution in [0.1, 0.15) is 23.6 Å². The van der Waals surface area contributed by atoms with Crippen LogP contribution in [0.25, 0.3) is 0 Å². The van der Waals surface area contributed by atoms with Crippen molar-refractivity contribution in [2.45, 2.75) is 24.3 Å². The van der Waals surface area contributed by atoms with Crippen LogP contribution < -0.4 is 4.90 Å². The molecule has 0 bridgehead atoms. The molecule has 6 heteroatoms. The maximum atomic E-state index is 13.7. The highest BCUT2D eigenvalue weighted by atomic mass is 32.2. The van der Waals surface area contributed by atoms with Gasteiger partial charge in [-0.3, -0.25) is 9.69 Å². The Hall–Kier alpha value is -4.00. The van der Waals surface area contributed by atoms with Crippen LogP contribution in [0.15, 0.2) is 132 Å². The maximum absolute atomic E-state index is 13.7. The second kappa shape index (κ2) is 10.5. The van der Waals surface area contributed by atoms with Crippen LogP contribution in [-0.2, 0) is 14.8 Å². The molecule has 1 amide bonds. The van der Waals surface area contributed by atoms with Crippen LogP contribution in [0.4, 0.5) is 11.4 Å². The van der Waals surface area contributed by atoms with Crippen molar-refractivity contribution >= 4 is 27.3 Å². The summed E-state index contributed by atoms with van der Waals surface area (Å²) in [6.07, 6.45) is 2.03. The van der Waals surface area contributed by atoms with Gasteiger partial charge in [-0.1, -0.05) is 90.5 Å². The Bertz CT molecular complexity index is 1460. The van der Waals surface area contributed by atoms with Gasteiger partial charge in [0.15, 0.2) is 0 Å². The lowest BCUT2D eigenvalue weighted by molar-refractivity contribution is -0.117. The number of amides is 1. The zero-order valence-corrected chi connectivity index (χ0v) is 21.4. The Morgan fingerprint density at radius 1 is 0.784 bits per heavy atom. The Morgan fingerprint density at radius 3 is 1.84 bits per heavy atom. The zero-order valence-electron chi connectivity index (χ0n) is 20.6. The van der Waals surface area contributed by atoms with Crippen molar-refractivity contribution in [1.29, 1.82) is 0 Å². The van der Waals surface area contributed by atoms with E-state index in [1.807, 2.05) is 104 Å². The number of carbonyl (C=O) groups excluding carboxylic acids is 1. The van der Waals surface area contributed by atoms with Gasteiger partial charge in [0.05, 0.1) is 10.9 Å². The predicted octanol–water partition coefficient (Wildman–Crippen LogP) is 6.42. The number of hydrogen-bond acceptors (Lipinski definition) is 3. The SMILES string of the molecule is Cc1ccc(S(=O)(=O)N2CC(CC(=O)N(c3ccccc3)c3ccccc3)=CC2c2ccccc2)cc1. The van der Waals surface area contributed by atoms with Gasteiger partial charge in [-0.25, -0.2) is 8.42 Å². The maximum Gasteiger partial charge on any atom is 0.244 e. The number of benzene rings is 4. The summed E-state index contributed by atoms with van der Waals surface area (Å²) in [5.41, 5.74) is 4.16. The minimum Gasteiger partial charge on any atom is -0.281 e. The molecular formula is C31H28N2O3S. The lowest BCUT2D eigenvalue weighted by Gasteiger charge is -2.25. The summed E-state index contributed by atoms with van der Waals surface area (Å²) < 4.78 is 29.0. The van der Waals surface area contributed by atoms with Crippen molar-refractivity contribution in [2.24, 2.45) is 0 Å². The molecule has 0 aromatic heterocycles. The average Bonchev–Trinajstić information content (AvgIpc) is 3.35. The minimum atomic E-state index is -3.79. The van der Waals surface area contributed by atoms with Crippen molar-refractivity contribution in [3.8, 4) is 0 Å². The second-order valence-electron chi connectivity index (χ2n) is 9.12. The van der Waals surface area contributed by atoms with Crippen molar-refractivity contribution in [1.82, 2.24) is 4.31 Å². The van der Waals surface area contributed by atoms with Crippen LogP contribution in [-0.4, -0.2) is 25.2 Å². The summed E-state index contributed by atoms with van der Waals surface area (Å²) in [6.45, 7) is 2.08. The highest BCUT2D eigenvalue weighted by molar-refractivity contribution is 7.89. The first-order valence-corrected chi connectivity index (χ1v) is 13.6. The molecule has 0 fully saturated rings. The fourth-order valence-electron chi connectivity index (χ4n) is 4.63. The minimum absolute atomic E-state index is 0.104. The Labute approximate surface area is 218 Å². The first kappa shape index (κ1) is 24.7. The quantitative estimate of drug-likeness (QED) is 0.271. The number of aryl methyl sites for hydroxylation is 1. The molecule has 4 aromatic rings. The van der Waals surface area contributed by atoms with Crippen LogP contribution in [0.3, 0.4) is 0 Å². The standard InChI is InChI=1S/C31H28N2O3S/c1-24-17-19-29(20-18-24)37(35,36)32-23-25(21-30(32)26-11-5-2-6-12-26)22-31(34)33(27-13-7-3-8-14-27)28-15-9-4-10-16-28/h2-21,30H,22-23H2,1H3. The molecular weight excluding hydrogens is 480 g/mol. The van der Waals surface area contributed by atoms with E-state index in [0.717, 1.165) is 28.1 Å². The normalized spacial score (nSPS) is 15.8. The predicted molar refractivity (Wildman–Crippen MR) is 147 cm³/mol. The second-order valence-corrected chi connectivity index (χ2v) is 11.0. The fourth-order valence-corrected chi connectivity index (χ4v) is 6.20. The molecule has 5 nitrogen and oxygen atoms in total. The third-order valence-electron chi connectivity index (χ3n) is 6.49. The summed E-state index contributed by atoms with van der Waals surface area (Å²) >= 11 is 0. The molecule has 1 atom stereocenters. The number of rotatable bonds is 7. The summed E-state index contributed by atoms with van der Waals surface area (Å²) in [6, 6.07) is 34.9. The van der Waals surface area contributed by atoms with Crippen molar-refractivity contribution in [3.05, 3.63) is 138 Å². The number of anilines is 2. The third-order valence-corrected chi connectivity index (χ3v) is 8.33. The van der Waals surface area contributed by atoms with Crippen LogP contribution in [0.5, 0.6) is 0 Å².